The molecule has 2 amide bonds. The van der Waals surface area contributed by atoms with E-state index in [1.54, 1.807) is 12.1 Å². The summed E-state index contributed by atoms with van der Waals surface area (Å²) < 4.78 is 19.5. The van der Waals surface area contributed by atoms with Gasteiger partial charge in [0.15, 0.2) is 6.61 Å². The largest absolute Gasteiger partial charge is 0.483 e. The molecule has 6 heteroatoms. The highest BCUT2D eigenvalue weighted by Gasteiger charge is 2.30. The quantitative estimate of drug-likeness (QED) is 0.453. The number of carbonyl (C=O) groups excluding carboxylic acids is 2. The fourth-order valence-electron chi connectivity index (χ4n) is 4.01. The molecule has 0 aliphatic heterocycles. The number of aryl methyl sites for hydroxylation is 2. The molecule has 1 N–H and O–H groups in total. The number of amides is 2. The highest BCUT2D eigenvalue weighted by atomic mass is 19.1. The lowest BCUT2D eigenvalue weighted by Crippen LogP contribution is -2.51. The second kappa shape index (κ2) is 12.2. The third kappa shape index (κ3) is 7.15. The SMILES string of the molecule is CCNC(=O)[C@@H](Cc1ccccc1)N(Cc1ccc(F)cc1)C(=O)COc1cc(C)cc(C)c1C. The normalized spacial score (nSPS) is 11.6. The molecule has 0 radical (unpaired) electrons. The van der Waals surface area contributed by atoms with E-state index in [0.717, 1.165) is 27.8 Å². The van der Waals surface area contributed by atoms with Crippen LogP contribution in [0.3, 0.4) is 0 Å². The highest BCUT2D eigenvalue weighted by Crippen LogP contribution is 2.24. The van der Waals surface area contributed by atoms with Crippen LogP contribution in [0.4, 0.5) is 4.39 Å². The van der Waals surface area contributed by atoms with Crippen LogP contribution in [0.5, 0.6) is 5.75 Å². The molecule has 0 spiro atoms. The number of likely N-dealkylation sites (N-methyl/N-ethyl adjacent to an activating group) is 1. The Balaban J connectivity index is 1.91. The van der Waals surface area contributed by atoms with Gasteiger partial charge in [0.25, 0.3) is 5.91 Å². The van der Waals surface area contributed by atoms with Crippen LogP contribution in [0.15, 0.2) is 66.7 Å². The van der Waals surface area contributed by atoms with Crippen molar-refractivity contribution < 1.29 is 18.7 Å². The molecule has 0 heterocycles. The van der Waals surface area contributed by atoms with Gasteiger partial charge in [-0.15, -0.1) is 0 Å². The Morgan fingerprint density at radius 1 is 0.971 bits per heavy atom. The summed E-state index contributed by atoms with van der Waals surface area (Å²) in [7, 11) is 0. The summed E-state index contributed by atoms with van der Waals surface area (Å²) >= 11 is 0. The van der Waals surface area contributed by atoms with Gasteiger partial charge in [0.05, 0.1) is 0 Å². The number of rotatable bonds is 10. The standard InChI is InChI=1S/C29H33FN2O3/c1-5-31-29(34)26(17-23-9-7-6-8-10-23)32(18-24-11-13-25(30)14-12-24)28(33)19-35-27-16-20(2)15-21(3)22(27)4/h6-16,26H,5,17-19H2,1-4H3,(H,31,34)/t26-/m1/s1. The van der Waals surface area contributed by atoms with Gasteiger partial charge in [0, 0.05) is 19.5 Å². The predicted molar refractivity (Wildman–Crippen MR) is 136 cm³/mol. The van der Waals surface area contributed by atoms with Gasteiger partial charge >= 0.3 is 0 Å². The molecule has 0 fully saturated rings. The molecule has 0 saturated carbocycles. The Morgan fingerprint density at radius 2 is 1.66 bits per heavy atom. The van der Waals surface area contributed by atoms with Crippen molar-refractivity contribution in [3.8, 4) is 5.75 Å². The number of nitrogens with zero attached hydrogens (tertiary/aromatic N) is 1. The molecule has 35 heavy (non-hydrogen) atoms. The molecule has 0 aromatic heterocycles. The van der Waals surface area contributed by atoms with Crippen molar-refractivity contribution in [3.05, 3.63) is 100 Å². The summed E-state index contributed by atoms with van der Waals surface area (Å²) in [5.41, 5.74) is 4.76. The number of hydrogen-bond acceptors (Lipinski definition) is 3. The van der Waals surface area contributed by atoms with Gasteiger partial charge in [-0.05, 0) is 73.7 Å². The number of nitrogens with one attached hydrogen (secondary N) is 1. The van der Waals surface area contributed by atoms with Crippen LogP contribution in [0.2, 0.25) is 0 Å². The number of benzene rings is 3. The van der Waals surface area contributed by atoms with E-state index in [1.165, 1.54) is 17.0 Å². The third-order valence-electron chi connectivity index (χ3n) is 6.00. The summed E-state index contributed by atoms with van der Waals surface area (Å²) in [4.78, 5) is 28.2. The monoisotopic (exact) mass is 476 g/mol. The number of ether oxygens (including phenoxy) is 1. The molecule has 5 nitrogen and oxygen atoms in total. The molecule has 0 bridgehead atoms. The second-order valence-electron chi connectivity index (χ2n) is 8.74. The van der Waals surface area contributed by atoms with Crippen molar-refractivity contribution in [2.45, 2.75) is 46.7 Å². The molecule has 0 aliphatic carbocycles. The van der Waals surface area contributed by atoms with E-state index in [4.69, 9.17) is 4.74 Å². The van der Waals surface area contributed by atoms with Crippen molar-refractivity contribution >= 4 is 11.8 Å². The van der Waals surface area contributed by atoms with Crippen molar-refractivity contribution in [2.24, 2.45) is 0 Å². The lowest BCUT2D eigenvalue weighted by molar-refractivity contribution is -0.142. The van der Waals surface area contributed by atoms with Gasteiger partial charge in [-0.1, -0.05) is 48.5 Å². The molecule has 0 unspecified atom stereocenters. The van der Waals surface area contributed by atoms with Gasteiger partial charge in [0.2, 0.25) is 5.91 Å². The Kier molecular flexibility index (Phi) is 9.01. The average Bonchev–Trinajstić information content (AvgIpc) is 2.84. The number of halogens is 1. The van der Waals surface area contributed by atoms with Gasteiger partial charge < -0.3 is 15.0 Å². The van der Waals surface area contributed by atoms with E-state index >= 15 is 0 Å². The van der Waals surface area contributed by atoms with Crippen molar-refractivity contribution in [1.29, 1.82) is 0 Å². The summed E-state index contributed by atoms with van der Waals surface area (Å²) in [6, 6.07) is 18.8. The van der Waals surface area contributed by atoms with Gasteiger partial charge in [-0.3, -0.25) is 9.59 Å². The van der Waals surface area contributed by atoms with Gasteiger partial charge in [0.1, 0.15) is 17.6 Å². The van der Waals surface area contributed by atoms with E-state index in [9.17, 15) is 14.0 Å². The molecule has 3 aromatic carbocycles. The number of carbonyl (C=O) groups is 2. The van der Waals surface area contributed by atoms with Crippen LogP contribution in [-0.4, -0.2) is 35.9 Å². The smallest absolute Gasteiger partial charge is 0.261 e. The van der Waals surface area contributed by atoms with Crippen molar-refractivity contribution in [3.63, 3.8) is 0 Å². The first-order valence-corrected chi connectivity index (χ1v) is 11.8. The minimum Gasteiger partial charge on any atom is -0.483 e. The summed E-state index contributed by atoms with van der Waals surface area (Å²) in [5, 5.41) is 2.86. The zero-order valence-corrected chi connectivity index (χ0v) is 20.8. The van der Waals surface area contributed by atoms with E-state index in [-0.39, 0.29) is 30.8 Å². The average molecular weight is 477 g/mol. The maximum atomic E-state index is 13.6. The maximum absolute atomic E-state index is 13.6. The number of hydrogen-bond donors (Lipinski definition) is 1. The Labute approximate surface area is 206 Å². The van der Waals surface area contributed by atoms with Crippen LogP contribution in [0, 0.1) is 26.6 Å². The minimum atomic E-state index is -0.751. The molecular formula is C29H33FN2O3. The van der Waals surface area contributed by atoms with E-state index < -0.39 is 6.04 Å². The lowest BCUT2D eigenvalue weighted by atomic mass is 10.0. The van der Waals surface area contributed by atoms with Crippen LogP contribution >= 0.6 is 0 Å². The Bertz CT molecular complexity index is 1150. The molecule has 1 atom stereocenters. The third-order valence-corrected chi connectivity index (χ3v) is 6.00. The second-order valence-corrected chi connectivity index (χ2v) is 8.74. The van der Waals surface area contributed by atoms with Crippen LogP contribution in [-0.2, 0) is 22.6 Å². The van der Waals surface area contributed by atoms with Gasteiger partial charge in [-0.25, -0.2) is 4.39 Å². The highest BCUT2D eigenvalue weighted by molar-refractivity contribution is 5.88. The lowest BCUT2D eigenvalue weighted by Gasteiger charge is -2.31. The Morgan fingerprint density at radius 3 is 2.31 bits per heavy atom. The van der Waals surface area contributed by atoms with E-state index in [0.29, 0.717) is 18.7 Å². The molecule has 3 aromatic rings. The van der Waals surface area contributed by atoms with Crippen LogP contribution in [0.25, 0.3) is 0 Å². The first kappa shape index (κ1) is 25.9. The summed E-state index contributed by atoms with van der Waals surface area (Å²) in [5.74, 6) is -0.269. The fraction of sp³-hybridized carbons (Fsp3) is 0.310. The molecule has 0 aliphatic rings. The molecule has 3 rings (SSSR count). The first-order valence-electron chi connectivity index (χ1n) is 11.8. The van der Waals surface area contributed by atoms with E-state index in [2.05, 4.69) is 11.4 Å². The van der Waals surface area contributed by atoms with Crippen LogP contribution < -0.4 is 10.1 Å². The first-order chi connectivity index (χ1) is 16.8. The predicted octanol–water partition coefficient (Wildman–Crippen LogP) is 4.91. The zero-order chi connectivity index (χ0) is 25.4. The molecule has 184 valence electrons. The maximum Gasteiger partial charge on any atom is 0.261 e. The zero-order valence-electron chi connectivity index (χ0n) is 20.8. The topological polar surface area (TPSA) is 58.6 Å². The fourth-order valence-corrected chi connectivity index (χ4v) is 4.01. The van der Waals surface area contributed by atoms with Crippen molar-refractivity contribution in [1.82, 2.24) is 10.2 Å². The molecular weight excluding hydrogens is 443 g/mol. The van der Waals surface area contributed by atoms with Gasteiger partial charge in [-0.2, -0.15) is 0 Å². The minimum absolute atomic E-state index is 0.156. The summed E-state index contributed by atoms with van der Waals surface area (Å²) in [6.07, 6.45) is 0.349. The summed E-state index contributed by atoms with van der Waals surface area (Å²) in [6.45, 7) is 8.17. The van der Waals surface area contributed by atoms with E-state index in [1.807, 2.05) is 64.1 Å². The molecule has 0 saturated heterocycles. The van der Waals surface area contributed by atoms with Crippen LogP contribution in [0.1, 0.15) is 34.7 Å². The Hall–Kier alpha value is -3.67. The van der Waals surface area contributed by atoms with Crippen molar-refractivity contribution in [2.75, 3.05) is 13.2 Å².